The fraction of sp³-hybridized carbons (Fsp3) is 0.375. The van der Waals surface area contributed by atoms with Crippen LogP contribution >= 0.6 is 11.9 Å². The van der Waals surface area contributed by atoms with E-state index in [9.17, 15) is 0 Å². The van der Waals surface area contributed by atoms with Crippen LogP contribution in [0.1, 0.15) is 19.7 Å². The fourth-order valence-electron chi connectivity index (χ4n) is 3.32. The molecule has 114 valence electrons. The SMILES string of the molecule is CSN1Cc2nc3c(N)nc4ccccc4c3n2CC1(C)C. The third kappa shape index (κ3) is 1.84. The van der Waals surface area contributed by atoms with E-state index in [4.69, 9.17) is 10.7 Å². The lowest BCUT2D eigenvalue weighted by Crippen LogP contribution is -2.46. The first-order chi connectivity index (χ1) is 10.5. The zero-order valence-corrected chi connectivity index (χ0v) is 13.8. The van der Waals surface area contributed by atoms with Gasteiger partial charge in [-0.1, -0.05) is 30.1 Å². The van der Waals surface area contributed by atoms with E-state index in [2.05, 4.69) is 40.0 Å². The molecule has 22 heavy (non-hydrogen) atoms. The quantitative estimate of drug-likeness (QED) is 0.700. The van der Waals surface area contributed by atoms with Gasteiger partial charge in [0.05, 0.1) is 17.6 Å². The largest absolute Gasteiger partial charge is 0.382 e. The first-order valence-corrected chi connectivity index (χ1v) is 8.54. The van der Waals surface area contributed by atoms with Crippen molar-refractivity contribution in [1.29, 1.82) is 0 Å². The standard InChI is InChI=1S/C16H19N5S/c1-16(2)9-20-12(8-21(16)22-3)19-13-14(20)10-6-4-5-7-11(10)18-15(13)17/h4-7H,8-9H2,1-3H3,(H2,17,18). The van der Waals surface area contributed by atoms with Crippen molar-refractivity contribution in [2.75, 3.05) is 12.0 Å². The van der Waals surface area contributed by atoms with Gasteiger partial charge in [0.2, 0.25) is 0 Å². The number of para-hydroxylation sites is 1. The zero-order valence-electron chi connectivity index (χ0n) is 13.0. The lowest BCUT2D eigenvalue weighted by molar-refractivity contribution is 0.177. The Labute approximate surface area is 133 Å². The van der Waals surface area contributed by atoms with Crippen molar-refractivity contribution in [2.24, 2.45) is 0 Å². The van der Waals surface area contributed by atoms with Gasteiger partial charge >= 0.3 is 0 Å². The van der Waals surface area contributed by atoms with Crippen LogP contribution in [0.3, 0.4) is 0 Å². The number of hydrogen-bond donors (Lipinski definition) is 1. The predicted molar refractivity (Wildman–Crippen MR) is 92.6 cm³/mol. The van der Waals surface area contributed by atoms with Crippen molar-refractivity contribution >= 4 is 39.7 Å². The lowest BCUT2D eigenvalue weighted by Gasteiger charge is -2.41. The maximum absolute atomic E-state index is 6.16. The van der Waals surface area contributed by atoms with E-state index in [0.29, 0.717) is 5.82 Å². The highest BCUT2D eigenvalue weighted by atomic mass is 32.2. The smallest absolute Gasteiger partial charge is 0.152 e. The fourth-order valence-corrected chi connectivity index (χ4v) is 4.11. The number of nitrogens with two attached hydrogens (primary N) is 1. The molecule has 1 aliphatic heterocycles. The molecular formula is C16H19N5S. The summed E-state index contributed by atoms with van der Waals surface area (Å²) in [6.07, 6.45) is 2.12. The molecule has 0 saturated carbocycles. The lowest BCUT2D eigenvalue weighted by atomic mass is 10.0. The van der Waals surface area contributed by atoms with E-state index in [1.807, 2.05) is 18.2 Å². The van der Waals surface area contributed by atoms with Crippen LogP contribution in [0.5, 0.6) is 0 Å². The number of pyridine rings is 1. The van der Waals surface area contributed by atoms with Crippen molar-refractivity contribution in [3.63, 3.8) is 0 Å². The zero-order chi connectivity index (χ0) is 15.5. The molecule has 0 unspecified atom stereocenters. The average Bonchev–Trinajstić information content (AvgIpc) is 2.84. The van der Waals surface area contributed by atoms with Crippen LogP contribution in [-0.2, 0) is 13.1 Å². The van der Waals surface area contributed by atoms with Crippen LogP contribution in [0.15, 0.2) is 24.3 Å². The van der Waals surface area contributed by atoms with E-state index in [1.54, 1.807) is 11.9 Å². The molecule has 0 amide bonds. The summed E-state index contributed by atoms with van der Waals surface area (Å²) in [6, 6.07) is 8.15. The molecule has 2 aromatic heterocycles. The Morgan fingerprint density at radius 3 is 2.77 bits per heavy atom. The molecule has 6 heteroatoms. The van der Waals surface area contributed by atoms with Gasteiger partial charge in [-0.15, -0.1) is 0 Å². The number of nitrogen functional groups attached to an aromatic ring is 1. The van der Waals surface area contributed by atoms with Crippen molar-refractivity contribution in [3.8, 4) is 0 Å². The molecule has 3 aromatic rings. The molecule has 0 bridgehead atoms. The van der Waals surface area contributed by atoms with Gasteiger partial charge in [0.25, 0.3) is 0 Å². The number of anilines is 1. The second kappa shape index (κ2) is 4.60. The summed E-state index contributed by atoms with van der Waals surface area (Å²) >= 11 is 1.77. The number of nitrogens with zero attached hydrogens (tertiary/aromatic N) is 4. The summed E-state index contributed by atoms with van der Waals surface area (Å²) in [5, 5.41) is 1.12. The van der Waals surface area contributed by atoms with E-state index < -0.39 is 0 Å². The van der Waals surface area contributed by atoms with Crippen LogP contribution in [0.4, 0.5) is 5.82 Å². The molecule has 0 spiro atoms. The Morgan fingerprint density at radius 2 is 2.00 bits per heavy atom. The molecule has 3 heterocycles. The predicted octanol–water partition coefficient (Wildman–Crippen LogP) is 3.04. The van der Waals surface area contributed by atoms with Crippen molar-refractivity contribution in [3.05, 3.63) is 30.1 Å². The summed E-state index contributed by atoms with van der Waals surface area (Å²) < 4.78 is 4.70. The van der Waals surface area contributed by atoms with Gasteiger partial charge in [0.15, 0.2) is 5.82 Å². The number of rotatable bonds is 1. The highest BCUT2D eigenvalue weighted by Gasteiger charge is 2.35. The summed E-state index contributed by atoms with van der Waals surface area (Å²) in [7, 11) is 0. The number of benzene rings is 1. The van der Waals surface area contributed by atoms with Crippen LogP contribution < -0.4 is 5.73 Å². The highest BCUT2D eigenvalue weighted by molar-refractivity contribution is 7.96. The van der Waals surface area contributed by atoms with Crippen molar-refractivity contribution < 1.29 is 0 Å². The van der Waals surface area contributed by atoms with Gasteiger partial charge < -0.3 is 10.3 Å². The summed E-state index contributed by atoms with van der Waals surface area (Å²) in [5.41, 5.74) is 9.11. The van der Waals surface area contributed by atoms with Crippen molar-refractivity contribution in [1.82, 2.24) is 18.8 Å². The normalized spacial score (nSPS) is 18.0. The molecule has 2 N–H and O–H groups in total. The molecule has 0 radical (unpaired) electrons. The number of fused-ring (bicyclic) bond motifs is 5. The van der Waals surface area contributed by atoms with Gasteiger partial charge in [-0.25, -0.2) is 14.3 Å². The summed E-state index contributed by atoms with van der Waals surface area (Å²) in [5.74, 6) is 1.58. The Morgan fingerprint density at radius 1 is 1.23 bits per heavy atom. The van der Waals surface area contributed by atoms with Crippen LogP contribution in [-0.4, -0.2) is 30.6 Å². The highest BCUT2D eigenvalue weighted by Crippen LogP contribution is 2.36. The minimum atomic E-state index is 0.0686. The second-order valence-electron chi connectivity index (χ2n) is 6.36. The van der Waals surface area contributed by atoms with Gasteiger partial charge in [-0.2, -0.15) is 0 Å². The van der Waals surface area contributed by atoms with Gasteiger partial charge in [-0.05, 0) is 26.2 Å². The first kappa shape index (κ1) is 13.8. The molecule has 1 aliphatic rings. The van der Waals surface area contributed by atoms with Gasteiger partial charge in [-0.3, -0.25) is 0 Å². The van der Waals surface area contributed by atoms with E-state index in [0.717, 1.165) is 40.9 Å². The number of hydrogen-bond acceptors (Lipinski definition) is 5. The Kier molecular flexibility index (Phi) is 2.90. The molecule has 0 atom stereocenters. The Hall–Kier alpha value is -1.79. The molecular weight excluding hydrogens is 294 g/mol. The van der Waals surface area contributed by atoms with Crippen LogP contribution in [0.25, 0.3) is 21.9 Å². The maximum atomic E-state index is 6.16. The minimum absolute atomic E-state index is 0.0686. The number of imidazole rings is 1. The second-order valence-corrected chi connectivity index (χ2v) is 7.16. The third-order valence-corrected chi connectivity index (χ3v) is 5.48. The van der Waals surface area contributed by atoms with Gasteiger partial charge in [0, 0.05) is 17.5 Å². The molecule has 5 nitrogen and oxygen atoms in total. The Balaban J connectivity index is 2.07. The average molecular weight is 313 g/mol. The molecule has 1 aromatic carbocycles. The molecule has 0 aliphatic carbocycles. The van der Waals surface area contributed by atoms with Gasteiger partial charge in [0.1, 0.15) is 11.3 Å². The molecule has 0 fully saturated rings. The number of aromatic nitrogens is 3. The topological polar surface area (TPSA) is 60.0 Å². The molecule has 4 rings (SSSR count). The van der Waals surface area contributed by atoms with E-state index in [1.165, 1.54) is 0 Å². The molecule has 0 saturated heterocycles. The summed E-state index contributed by atoms with van der Waals surface area (Å²) in [4.78, 5) is 9.29. The van der Waals surface area contributed by atoms with Crippen LogP contribution in [0.2, 0.25) is 0 Å². The monoisotopic (exact) mass is 313 g/mol. The Bertz CT molecular complexity index is 883. The third-order valence-electron chi connectivity index (χ3n) is 4.41. The van der Waals surface area contributed by atoms with Crippen molar-refractivity contribution in [2.45, 2.75) is 32.5 Å². The summed E-state index contributed by atoms with van der Waals surface area (Å²) in [6.45, 7) is 6.25. The minimum Gasteiger partial charge on any atom is -0.382 e. The first-order valence-electron chi connectivity index (χ1n) is 7.36. The van der Waals surface area contributed by atoms with E-state index in [-0.39, 0.29) is 5.54 Å². The van der Waals surface area contributed by atoms with Crippen LogP contribution in [0, 0.1) is 0 Å². The van der Waals surface area contributed by atoms with E-state index >= 15 is 0 Å². The maximum Gasteiger partial charge on any atom is 0.152 e.